The fourth-order valence-electron chi connectivity index (χ4n) is 6.86. The normalized spacial score (nSPS) is 41.0. The summed E-state index contributed by atoms with van der Waals surface area (Å²) in [6, 6.07) is 0. The third-order valence-electron chi connectivity index (χ3n) is 9.07. The molecule has 2 bridgehead atoms. The summed E-state index contributed by atoms with van der Waals surface area (Å²) in [5.41, 5.74) is -4.20. The lowest BCUT2D eigenvalue weighted by Crippen LogP contribution is -2.65. The van der Waals surface area contributed by atoms with E-state index < -0.39 is 89.8 Å². The Bertz CT molecular complexity index is 1240. The molecule has 0 aromatic rings. The van der Waals surface area contributed by atoms with Crippen LogP contribution in [0.3, 0.4) is 0 Å². The molecule has 0 aromatic carbocycles. The summed E-state index contributed by atoms with van der Waals surface area (Å²) < 4.78 is 27.0. The van der Waals surface area contributed by atoms with Crippen molar-refractivity contribution >= 4 is 23.9 Å². The van der Waals surface area contributed by atoms with Gasteiger partial charge in [0.05, 0.1) is 25.4 Å². The predicted octanol–water partition coefficient (Wildman–Crippen LogP) is -0.900. The van der Waals surface area contributed by atoms with Gasteiger partial charge in [0, 0.05) is 24.8 Å². The number of esters is 4. The molecule has 4 aliphatic rings. The van der Waals surface area contributed by atoms with Crippen LogP contribution in [-0.2, 0) is 42.9 Å². The summed E-state index contributed by atoms with van der Waals surface area (Å²) in [5.74, 6) is -3.63. The Kier molecular flexibility index (Phi) is 9.22. The van der Waals surface area contributed by atoms with E-state index in [0.29, 0.717) is 6.42 Å². The van der Waals surface area contributed by atoms with Gasteiger partial charge in [-0.1, -0.05) is 18.2 Å². The Morgan fingerprint density at radius 1 is 1.12 bits per heavy atom. The van der Waals surface area contributed by atoms with Crippen molar-refractivity contribution in [2.75, 3.05) is 13.7 Å². The number of hydrogen-bond acceptors (Lipinski definition) is 14. The van der Waals surface area contributed by atoms with Gasteiger partial charge in [0.2, 0.25) is 6.29 Å². The first-order valence-electron chi connectivity index (χ1n) is 13.9. The minimum atomic E-state index is -1.77. The van der Waals surface area contributed by atoms with Gasteiger partial charge in [-0.2, -0.15) is 0 Å². The van der Waals surface area contributed by atoms with Crippen LogP contribution in [0.15, 0.2) is 35.5 Å². The molecule has 14 heteroatoms. The number of rotatable bonds is 7. The van der Waals surface area contributed by atoms with Crippen LogP contribution in [0, 0.1) is 11.3 Å². The molecule has 14 nitrogen and oxygen atoms in total. The number of methoxy groups -OCH3 is 1. The summed E-state index contributed by atoms with van der Waals surface area (Å²) in [4.78, 5) is 51.2. The number of cyclic esters (lactones) is 1. The fourth-order valence-corrected chi connectivity index (χ4v) is 6.86. The first-order chi connectivity index (χ1) is 20.2. The van der Waals surface area contributed by atoms with E-state index in [9.17, 15) is 44.7 Å². The smallest absolute Gasteiger partial charge is 0.336 e. The van der Waals surface area contributed by atoms with Crippen LogP contribution in [0.2, 0.25) is 0 Å². The van der Waals surface area contributed by atoms with Crippen molar-refractivity contribution < 1.29 is 68.4 Å². The fraction of sp³-hybridized carbons (Fsp3) is 0.655. The molecule has 0 amide bonds. The standard InChI is InChI=1S/C29H38O14/c1-14(23(36)41-25-22(35)21(34)20(33)18(13-30)40-25)6-5-9-27(3)19-8-10-28(26(38)43-27)12-17(32)16(24(37)39-4)7-11-29(19,28)42-15(2)31/h5-7,9,17-22,25,30,32-35H,8,10-13H2,1-4H3/b9-5+,14-6+/t17-,18-,19+,20-,21+,22-,25+,27-,28+,29+/m1/s1. The topological polar surface area (TPSA) is 216 Å². The molecule has 0 radical (unpaired) electrons. The zero-order valence-corrected chi connectivity index (χ0v) is 24.3. The second kappa shape index (κ2) is 12.1. The van der Waals surface area contributed by atoms with Crippen LogP contribution in [0.4, 0.5) is 0 Å². The highest BCUT2D eigenvalue weighted by Crippen LogP contribution is 2.65. The number of aliphatic hydroxyl groups is 5. The summed E-state index contributed by atoms with van der Waals surface area (Å²) in [6.07, 6.45) is -3.22. The van der Waals surface area contributed by atoms with Crippen molar-refractivity contribution in [1.29, 1.82) is 0 Å². The molecule has 1 saturated carbocycles. The summed E-state index contributed by atoms with van der Waals surface area (Å²) >= 11 is 0. The first-order valence-corrected chi connectivity index (χ1v) is 13.9. The molecule has 10 atom stereocenters. The molecule has 5 N–H and O–H groups in total. The molecule has 2 aliphatic carbocycles. The molecule has 2 heterocycles. The average molecular weight is 611 g/mol. The van der Waals surface area contributed by atoms with Crippen molar-refractivity contribution in [2.24, 2.45) is 11.3 Å². The molecular formula is C29H38O14. The molecule has 0 aromatic heterocycles. The second-order valence-corrected chi connectivity index (χ2v) is 11.6. The van der Waals surface area contributed by atoms with Gasteiger partial charge in [0.25, 0.3) is 0 Å². The Hall–Kier alpha value is -3.14. The minimum Gasteiger partial charge on any atom is -0.466 e. The van der Waals surface area contributed by atoms with Crippen LogP contribution in [-0.4, -0.2) is 111 Å². The van der Waals surface area contributed by atoms with E-state index in [2.05, 4.69) is 0 Å². The molecular weight excluding hydrogens is 572 g/mol. The number of aliphatic hydroxyl groups excluding tert-OH is 5. The number of hydrogen-bond donors (Lipinski definition) is 5. The van der Waals surface area contributed by atoms with Crippen LogP contribution in [0.25, 0.3) is 0 Å². The zero-order chi connectivity index (χ0) is 31.9. The first kappa shape index (κ1) is 32.8. The van der Waals surface area contributed by atoms with E-state index in [-0.39, 0.29) is 30.4 Å². The lowest BCUT2D eigenvalue weighted by atomic mass is 9.62. The maximum Gasteiger partial charge on any atom is 0.336 e. The molecule has 2 saturated heterocycles. The number of carbonyl (C=O) groups is 4. The van der Waals surface area contributed by atoms with Crippen LogP contribution in [0.1, 0.15) is 46.5 Å². The monoisotopic (exact) mass is 610 g/mol. The molecule has 238 valence electrons. The highest BCUT2D eigenvalue weighted by molar-refractivity contribution is 5.91. The molecule has 3 fully saturated rings. The minimum absolute atomic E-state index is 0.0256. The van der Waals surface area contributed by atoms with Crippen molar-refractivity contribution in [3.63, 3.8) is 0 Å². The molecule has 0 unspecified atom stereocenters. The van der Waals surface area contributed by atoms with E-state index in [1.807, 2.05) is 0 Å². The van der Waals surface area contributed by atoms with Crippen molar-refractivity contribution in [3.8, 4) is 0 Å². The average Bonchev–Trinajstić information content (AvgIpc) is 3.13. The van der Waals surface area contributed by atoms with E-state index in [1.54, 1.807) is 6.92 Å². The number of ether oxygens (including phenoxy) is 5. The van der Waals surface area contributed by atoms with E-state index >= 15 is 0 Å². The van der Waals surface area contributed by atoms with Gasteiger partial charge in [-0.25, -0.2) is 9.59 Å². The van der Waals surface area contributed by atoms with Crippen molar-refractivity contribution in [3.05, 3.63) is 35.5 Å². The van der Waals surface area contributed by atoms with Gasteiger partial charge in [0.1, 0.15) is 41.0 Å². The van der Waals surface area contributed by atoms with Gasteiger partial charge >= 0.3 is 23.9 Å². The SMILES string of the molecule is COC(=O)C1=CC[C@]2(OC(C)=O)[C@H]3CC[C@]2(C[C@H]1O)C(=O)O[C@]3(C)/C=C/C=C(\C)C(=O)O[C@@H]1O[C@H](CO)[C@@H](O)[C@H](O)[C@H]1O. The summed E-state index contributed by atoms with van der Waals surface area (Å²) in [5, 5.41) is 50.2. The van der Waals surface area contributed by atoms with Gasteiger partial charge in [0.15, 0.2) is 0 Å². The van der Waals surface area contributed by atoms with Crippen LogP contribution in [0.5, 0.6) is 0 Å². The van der Waals surface area contributed by atoms with E-state index in [4.69, 9.17) is 23.7 Å². The quantitative estimate of drug-likeness (QED) is 0.102. The summed E-state index contributed by atoms with van der Waals surface area (Å²) in [7, 11) is 1.17. The van der Waals surface area contributed by atoms with Crippen molar-refractivity contribution in [2.45, 2.75) is 94.5 Å². The number of allylic oxidation sites excluding steroid dienone is 2. The Labute approximate surface area is 247 Å². The molecule has 0 spiro atoms. The highest BCUT2D eigenvalue weighted by Gasteiger charge is 2.75. The highest BCUT2D eigenvalue weighted by atomic mass is 16.7. The predicted molar refractivity (Wildman–Crippen MR) is 142 cm³/mol. The number of carbonyl (C=O) groups excluding carboxylic acids is 4. The lowest BCUT2D eigenvalue weighted by Gasteiger charge is -2.54. The summed E-state index contributed by atoms with van der Waals surface area (Å²) in [6.45, 7) is 3.56. The maximum absolute atomic E-state index is 13.7. The van der Waals surface area contributed by atoms with Gasteiger partial charge < -0.3 is 49.2 Å². The van der Waals surface area contributed by atoms with E-state index in [1.165, 1.54) is 45.3 Å². The Morgan fingerprint density at radius 3 is 2.44 bits per heavy atom. The van der Waals surface area contributed by atoms with E-state index in [0.717, 1.165) is 0 Å². The third-order valence-corrected chi connectivity index (χ3v) is 9.07. The largest absolute Gasteiger partial charge is 0.466 e. The van der Waals surface area contributed by atoms with Gasteiger partial charge in [-0.05, 0) is 39.2 Å². The molecule has 43 heavy (non-hydrogen) atoms. The Morgan fingerprint density at radius 2 is 1.81 bits per heavy atom. The maximum atomic E-state index is 13.7. The van der Waals surface area contributed by atoms with Crippen LogP contribution < -0.4 is 0 Å². The zero-order valence-electron chi connectivity index (χ0n) is 24.3. The van der Waals surface area contributed by atoms with Gasteiger partial charge in [-0.15, -0.1) is 0 Å². The Balaban J connectivity index is 1.59. The van der Waals surface area contributed by atoms with Crippen LogP contribution >= 0.6 is 0 Å². The van der Waals surface area contributed by atoms with Gasteiger partial charge in [-0.3, -0.25) is 9.59 Å². The molecule has 4 rings (SSSR count). The lowest BCUT2D eigenvalue weighted by molar-refractivity contribution is -0.291. The third kappa shape index (κ3) is 5.51. The molecule has 2 aliphatic heterocycles. The second-order valence-electron chi connectivity index (χ2n) is 11.6. The van der Waals surface area contributed by atoms with Crippen molar-refractivity contribution in [1.82, 2.24) is 0 Å².